The first-order valence-corrected chi connectivity index (χ1v) is 6.34. The van der Waals surface area contributed by atoms with Gasteiger partial charge in [0.05, 0.1) is 11.3 Å². The summed E-state index contributed by atoms with van der Waals surface area (Å²) in [6, 6.07) is 12.3. The molecule has 0 aliphatic carbocycles. The van der Waals surface area contributed by atoms with Crippen LogP contribution in [0.25, 0.3) is 0 Å². The van der Waals surface area contributed by atoms with E-state index in [0.29, 0.717) is 16.9 Å². The number of carbonyl (C=O) groups excluding carboxylic acids is 1. The van der Waals surface area contributed by atoms with Gasteiger partial charge < -0.3 is 5.32 Å². The second kappa shape index (κ2) is 5.63. The zero-order valence-electron chi connectivity index (χ0n) is 10.1. The topological polar surface area (TPSA) is 65.8 Å². The van der Waals surface area contributed by atoms with Crippen LogP contribution in [-0.4, -0.2) is 10.9 Å². The standard InChI is InChI=1S/C14H10BrN3O/c1-9-3-2-4-12(17-9)14(19)18-13-7-11(15)6-5-10(13)8-16/h2-7H,1H3,(H,18,19). The minimum Gasteiger partial charge on any atom is -0.319 e. The van der Waals surface area contributed by atoms with Crippen molar-refractivity contribution in [3.05, 3.63) is 57.8 Å². The summed E-state index contributed by atoms with van der Waals surface area (Å²) >= 11 is 3.31. The van der Waals surface area contributed by atoms with Crippen molar-refractivity contribution >= 4 is 27.5 Å². The zero-order chi connectivity index (χ0) is 13.8. The molecular formula is C14H10BrN3O. The van der Waals surface area contributed by atoms with Gasteiger partial charge in [0.15, 0.2) is 0 Å². The lowest BCUT2D eigenvalue weighted by molar-refractivity contribution is 0.102. The van der Waals surface area contributed by atoms with Gasteiger partial charge in [-0.2, -0.15) is 5.26 Å². The molecule has 0 unspecified atom stereocenters. The molecule has 19 heavy (non-hydrogen) atoms. The van der Waals surface area contributed by atoms with Crippen LogP contribution >= 0.6 is 15.9 Å². The van der Waals surface area contributed by atoms with Crippen molar-refractivity contribution in [1.82, 2.24) is 4.98 Å². The SMILES string of the molecule is Cc1cccc(C(=O)Nc2cc(Br)ccc2C#N)n1. The molecule has 94 valence electrons. The predicted molar refractivity (Wildman–Crippen MR) is 75.8 cm³/mol. The number of nitrogens with one attached hydrogen (secondary N) is 1. The number of benzene rings is 1. The van der Waals surface area contributed by atoms with Crippen LogP contribution in [0.4, 0.5) is 5.69 Å². The summed E-state index contributed by atoms with van der Waals surface area (Å²) in [5, 5.41) is 11.7. The van der Waals surface area contributed by atoms with Crippen molar-refractivity contribution in [2.24, 2.45) is 0 Å². The number of hydrogen-bond acceptors (Lipinski definition) is 3. The van der Waals surface area contributed by atoms with E-state index in [1.165, 1.54) is 0 Å². The normalized spacial score (nSPS) is 9.74. The fourth-order valence-corrected chi connectivity index (χ4v) is 1.93. The molecule has 2 rings (SSSR count). The Bertz CT molecular complexity index is 677. The monoisotopic (exact) mass is 315 g/mol. The van der Waals surface area contributed by atoms with Crippen molar-refractivity contribution in [2.45, 2.75) is 6.92 Å². The Morgan fingerprint density at radius 3 is 2.84 bits per heavy atom. The van der Waals surface area contributed by atoms with Gasteiger partial charge in [-0.15, -0.1) is 0 Å². The maximum atomic E-state index is 12.0. The van der Waals surface area contributed by atoms with Crippen molar-refractivity contribution in [2.75, 3.05) is 5.32 Å². The van der Waals surface area contributed by atoms with Gasteiger partial charge >= 0.3 is 0 Å². The molecule has 0 saturated carbocycles. The second-order valence-electron chi connectivity index (χ2n) is 3.92. The molecule has 5 heteroatoms. The van der Waals surface area contributed by atoms with Crippen LogP contribution in [0, 0.1) is 18.3 Å². The number of hydrogen-bond donors (Lipinski definition) is 1. The molecule has 1 aromatic heterocycles. The Balaban J connectivity index is 2.29. The van der Waals surface area contributed by atoms with Gasteiger partial charge in [-0.25, -0.2) is 4.98 Å². The molecule has 2 aromatic rings. The quantitative estimate of drug-likeness (QED) is 0.924. The number of pyridine rings is 1. The largest absolute Gasteiger partial charge is 0.319 e. The maximum absolute atomic E-state index is 12.0. The predicted octanol–water partition coefficient (Wildman–Crippen LogP) is 3.28. The zero-order valence-corrected chi connectivity index (χ0v) is 11.7. The van der Waals surface area contributed by atoms with E-state index in [0.717, 1.165) is 10.2 Å². The van der Waals surface area contributed by atoms with E-state index < -0.39 is 0 Å². The lowest BCUT2D eigenvalue weighted by atomic mass is 10.2. The molecule has 0 fully saturated rings. The van der Waals surface area contributed by atoms with Gasteiger partial charge in [-0.3, -0.25) is 4.79 Å². The van der Waals surface area contributed by atoms with Crippen LogP contribution in [0.5, 0.6) is 0 Å². The molecular weight excluding hydrogens is 306 g/mol. The van der Waals surface area contributed by atoms with Gasteiger partial charge in [0.2, 0.25) is 0 Å². The van der Waals surface area contributed by atoms with Crippen molar-refractivity contribution in [3.63, 3.8) is 0 Å². The molecule has 0 aliphatic rings. The number of anilines is 1. The number of nitrogens with zero attached hydrogens (tertiary/aromatic N) is 2. The molecule has 1 aromatic carbocycles. The number of aryl methyl sites for hydroxylation is 1. The number of halogens is 1. The number of aromatic nitrogens is 1. The summed E-state index contributed by atoms with van der Waals surface area (Å²) in [7, 11) is 0. The third kappa shape index (κ3) is 3.18. The molecule has 0 aliphatic heterocycles. The van der Waals surface area contributed by atoms with E-state index in [1.807, 2.05) is 19.1 Å². The highest BCUT2D eigenvalue weighted by Crippen LogP contribution is 2.21. The Hall–Kier alpha value is -2.19. The highest BCUT2D eigenvalue weighted by Gasteiger charge is 2.10. The minimum atomic E-state index is -0.335. The summed E-state index contributed by atoms with van der Waals surface area (Å²) in [5.41, 5.74) is 1.96. The van der Waals surface area contributed by atoms with E-state index in [2.05, 4.69) is 26.2 Å². The molecule has 0 spiro atoms. The van der Waals surface area contributed by atoms with Crippen LogP contribution in [0.15, 0.2) is 40.9 Å². The average molecular weight is 316 g/mol. The maximum Gasteiger partial charge on any atom is 0.274 e. The third-order valence-corrected chi connectivity index (χ3v) is 2.96. The lowest BCUT2D eigenvalue weighted by Crippen LogP contribution is -2.14. The first-order valence-electron chi connectivity index (χ1n) is 5.55. The van der Waals surface area contributed by atoms with Crippen LogP contribution in [0.1, 0.15) is 21.7 Å². The smallest absolute Gasteiger partial charge is 0.274 e. The van der Waals surface area contributed by atoms with Crippen LogP contribution in [0.3, 0.4) is 0 Å². The van der Waals surface area contributed by atoms with Gasteiger partial charge in [0.1, 0.15) is 11.8 Å². The highest BCUT2D eigenvalue weighted by atomic mass is 79.9. The van der Waals surface area contributed by atoms with Crippen LogP contribution < -0.4 is 5.32 Å². The minimum absolute atomic E-state index is 0.323. The number of amides is 1. The van der Waals surface area contributed by atoms with Gasteiger partial charge in [-0.05, 0) is 37.3 Å². The molecule has 4 nitrogen and oxygen atoms in total. The van der Waals surface area contributed by atoms with Crippen molar-refractivity contribution < 1.29 is 4.79 Å². The Morgan fingerprint density at radius 2 is 2.16 bits per heavy atom. The third-order valence-electron chi connectivity index (χ3n) is 2.47. The van der Waals surface area contributed by atoms with Crippen molar-refractivity contribution in [3.8, 4) is 6.07 Å². The van der Waals surface area contributed by atoms with Crippen LogP contribution in [0.2, 0.25) is 0 Å². The number of nitriles is 1. The molecule has 1 heterocycles. The summed E-state index contributed by atoms with van der Waals surface area (Å²) in [5.74, 6) is -0.335. The highest BCUT2D eigenvalue weighted by molar-refractivity contribution is 9.10. The number of carbonyl (C=O) groups is 1. The molecule has 0 atom stereocenters. The second-order valence-corrected chi connectivity index (χ2v) is 4.84. The molecule has 1 amide bonds. The fourth-order valence-electron chi connectivity index (χ4n) is 1.57. The fraction of sp³-hybridized carbons (Fsp3) is 0.0714. The summed E-state index contributed by atoms with van der Waals surface area (Å²) in [6.45, 7) is 1.82. The van der Waals surface area contributed by atoms with E-state index in [4.69, 9.17) is 5.26 Å². The number of rotatable bonds is 2. The molecule has 0 bridgehead atoms. The van der Waals surface area contributed by atoms with E-state index in [9.17, 15) is 4.79 Å². The first kappa shape index (κ1) is 13.2. The van der Waals surface area contributed by atoms with Gasteiger partial charge in [0, 0.05) is 10.2 Å². The van der Waals surface area contributed by atoms with Gasteiger partial charge in [0.25, 0.3) is 5.91 Å². The van der Waals surface area contributed by atoms with Gasteiger partial charge in [-0.1, -0.05) is 22.0 Å². The summed E-state index contributed by atoms with van der Waals surface area (Å²) < 4.78 is 0.791. The van der Waals surface area contributed by atoms with Crippen molar-refractivity contribution in [1.29, 1.82) is 5.26 Å². The average Bonchev–Trinajstić information content (AvgIpc) is 2.39. The summed E-state index contributed by atoms with van der Waals surface area (Å²) in [4.78, 5) is 16.2. The summed E-state index contributed by atoms with van der Waals surface area (Å²) in [6.07, 6.45) is 0. The first-order chi connectivity index (χ1) is 9.10. The van der Waals surface area contributed by atoms with Crippen LogP contribution in [-0.2, 0) is 0 Å². The molecule has 0 radical (unpaired) electrons. The molecule has 0 saturated heterocycles. The Morgan fingerprint density at radius 1 is 1.37 bits per heavy atom. The van der Waals surface area contributed by atoms with E-state index >= 15 is 0 Å². The molecule has 1 N–H and O–H groups in total. The Labute approximate surface area is 119 Å². The Kier molecular flexibility index (Phi) is 3.93. The van der Waals surface area contributed by atoms with E-state index in [1.54, 1.807) is 30.3 Å². The lowest BCUT2D eigenvalue weighted by Gasteiger charge is -2.07. The van der Waals surface area contributed by atoms with E-state index in [-0.39, 0.29) is 5.91 Å².